The third-order valence-corrected chi connectivity index (χ3v) is 4.54. The Kier molecular flexibility index (Phi) is 2.80. The fourth-order valence-corrected chi connectivity index (χ4v) is 3.50. The molecule has 1 aliphatic carbocycles. The highest BCUT2D eigenvalue weighted by molar-refractivity contribution is 6.07. The fourth-order valence-electron chi connectivity index (χ4n) is 3.50. The van der Waals surface area contributed by atoms with E-state index in [0.717, 1.165) is 11.3 Å². The van der Waals surface area contributed by atoms with Crippen LogP contribution in [-0.4, -0.2) is 10.9 Å². The van der Waals surface area contributed by atoms with Crippen molar-refractivity contribution in [1.29, 1.82) is 0 Å². The van der Waals surface area contributed by atoms with Crippen molar-refractivity contribution in [3.63, 3.8) is 0 Å². The van der Waals surface area contributed by atoms with E-state index in [2.05, 4.69) is 53.3 Å². The molecule has 2 aliphatic rings. The van der Waals surface area contributed by atoms with Gasteiger partial charge in [-0.05, 0) is 18.1 Å². The van der Waals surface area contributed by atoms with Gasteiger partial charge in [0.05, 0.1) is 17.8 Å². The molecule has 4 heteroatoms. The molecule has 1 saturated heterocycles. The third-order valence-electron chi connectivity index (χ3n) is 4.54. The van der Waals surface area contributed by atoms with Crippen LogP contribution in [-0.2, 0) is 0 Å². The molecule has 4 nitrogen and oxygen atoms in total. The lowest BCUT2D eigenvalue weighted by Gasteiger charge is -2.18. The van der Waals surface area contributed by atoms with Gasteiger partial charge in [0.2, 0.25) is 0 Å². The van der Waals surface area contributed by atoms with Gasteiger partial charge in [-0.15, -0.1) is 0 Å². The highest BCUT2D eigenvalue weighted by atomic mass is 16.4. The van der Waals surface area contributed by atoms with Crippen LogP contribution in [0.25, 0.3) is 0 Å². The molecule has 1 heterocycles. The van der Waals surface area contributed by atoms with Gasteiger partial charge in [-0.1, -0.05) is 59.3 Å². The number of hydrogen-bond acceptors (Lipinski definition) is 4. The normalized spacial score (nSPS) is 28.6. The average Bonchev–Trinajstić information content (AvgIpc) is 3.06. The molecule has 106 valence electrons. The van der Waals surface area contributed by atoms with Crippen molar-refractivity contribution in [2.24, 2.45) is 11.1 Å². The van der Waals surface area contributed by atoms with Crippen molar-refractivity contribution in [3.05, 3.63) is 70.8 Å². The van der Waals surface area contributed by atoms with Crippen LogP contribution in [0.1, 0.15) is 34.3 Å². The first-order chi connectivity index (χ1) is 10.3. The van der Waals surface area contributed by atoms with Crippen LogP contribution in [0.4, 0.5) is 0 Å². The zero-order chi connectivity index (χ0) is 14.4. The maximum absolute atomic E-state index is 9.50. The lowest BCUT2D eigenvalue weighted by Crippen LogP contribution is -2.28. The summed E-state index contributed by atoms with van der Waals surface area (Å²) in [5.74, 6) is 0.107. The Labute approximate surface area is 123 Å². The molecule has 2 aromatic carbocycles. The first-order valence-corrected chi connectivity index (χ1v) is 7.18. The van der Waals surface area contributed by atoms with Gasteiger partial charge in [-0.2, -0.15) is 0 Å². The number of benzene rings is 2. The Bertz CT molecular complexity index is 708. The van der Waals surface area contributed by atoms with Gasteiger partial charge in [-0.25, -0.2) is 10.9 Å². The molecule has 0 radical (unpaired) electrons. The zero-order valence-corrected chi connectivity index (χ0v) is 11.7. The van der Waals surface area contributed by atoms with Crippen LogP contribution in [0.15, 0.2) is 53.7 Å². The van der Waals surface area contributed by atoms with E-state index in [1.807, 2.05) is 18.2 Å². The van der Waals surface area contributed by atoms with Gasteiger partial charge in [0.25, 0.3) is 0 Å². The van der Waals surface area contributed by atoms with Crippen molar-refractivity contribution < 1.29 is 5.21 Å². The summed E-state index contributed by atoms with van der Waals surface area (Å²) in [7, 11) is 0. The number of hydrazine groups is 1. The number of oxime groups is 1. The predicted molar refractivity (Wildman–Crippen MR) is 81.2 cm³/mol. The summed E-state index contributed by atoms with van der Waals surface area (Å²) in [6.07, 6.45) is 0. The SMILES string of the molecule is Cc1ccc(C2NNC3c4ccccc4/C(=N\O)C23)cc1. The molecule has 1 fully saturated rings. The molecule has 4 rings (SSSR count). The second-order valence-electron chi connectivity index (χ2n) is 5.75. The summed E-state index contributed by atoms with van der Waals surface area (Å²) in [5, 5.41) is 13.1. The van der Waals surface area contributed by atoms with Gasteiger partial charge in [-0.3, -0.25) is 0 Å². The smallest absolute Gasteiger partial charge is 0.0941 e. The summed E-state index contributed by atoms with van der Waals surface area (Å²) in [4.78, 5) is 0. The Morgan fingerprint density at radius 1 is 0.952 bits per heavy atom. The minimum atomic E-state index is 0.105. The van der Waals surface area contributed by atoms with E-state index in [0.29, 0.717) is 0 Å². The average molecular weight is 279 g/mol. The Morgan fingerprint density at radius 2 is 1.67 bits per heavy atom. The Morgan fingerprint density at radius 3 is 2.43 bits per heavy atom. The molecule has 1 aliphatic heterocycles. The lowest BCUT2D eigenvalue weighted by molar-refractivity contribution is 0.314. The number of nitrogens with zero attached hydrogens (tertiary/aromatic N) is 1. The number of hydrogen-bond donors (Lipinski definition) is 3. The molecule has 0 saturated carbocycles. The van der Waals surface area contributed by atoms with Crippen LogP contribution >= 0.6 is 0 Å². The number of aryl methyl sites for hydroxylation is 1. The van der Waals surface area contributed by atoms with E-state index in [9.17, 15) is 5.21 Å². The molecular formula is C17H17N3O. The second-order valence-corrected chi connectivity index (χ2v) is 5.75. The largest absolute Gasteiger partial charge is 0.411 e. The van der Waals surface area contributed by atoms with Gasteiger partial charge >= 0.3 is 0 Å². The summed E-state index contributed by atoms with van der Waals surface area (Å²) in [6.45, 7) is 2.08. The maximum Gasteiger partial charge on any atom is 0.0941 e. The minimum Gasteiger partial charge on any atom is -0.411 e. The van der Waals surface area contributed by atoms with Crippen molar-refractivity contribution in [2.45, 2.75) is 19.0 Å². The van der Waals surface area contributed by atoms with Crippen LogP contribution in [0.2, 0.25) is 0 Å². The van der Waals surface area contributed by atoms with E-state index in [4.69, 9.17) is 0 Å². The highest BCUT2D eigenvalue weighted by Crippen LogP contribution is 2.45. The Hall–Kier alpha value is -2.17. The maximum atomic E-state index is 9.50. The van der Waals surface area contributed by atoms with Crippen molar-refractivity contribution >= 4 is 5.71 Å². The fraction of sp³-hybridized carbons (Fsp3) is 0.235. The van der Waals surface area contributed by atoms with Crippen molar-refractivity contribution in [1.82, 2.24) is 10.9 Å². The summed E-state index contributed by atoms with van der Waals surface area (Å²) >= 11 is 0. The third kappa shape index (κ3) is 1.80. The first kappa shape index (κ1) is 12.6. The van der Waals surface area contributed by atoms with Crippen LogP contribution in [0, 0.1) is 12.8 Å². The molecule has 0 aromatic heterocycles. The van der Waals surface area contributed by atoms with Crippen LogP contribution < -0.4 is 10.9 Å². The van der Waals surface area contributed by atoms with Crippen molar-refractivity contribution in [3.8, 4) is 0 Å². The summed E-state index contributed by atoms with van der Waals surface area (Å²) < 4.78 is 0. The van der Waals surface area contributed by atoms with Crippen LogP contribution in [0.3, 0.4) is 0 Å². The molecular weight excluding hydrogens is 262 g/mol. The van der Waals surface area contributed by atoms with Gasteiger partial charge in [0.15, 0.2) is 0 Å². The molecule has 3 N–H and O–H groups in total. The molecule has 21 heavy (non-hydrogen) atoms. The molecule has 0 spiro atoms. The molecule has 3 unspecified atom stereocenters. The van der Waals surface area contributed by atoms with Gasteiger partial charge in [0.1, 0.15) is 0 Å². The number of fused-ring (bicyclic) bond motifs is 3. The van der Waals surface area contributed by atoms with Gasteiger partial charge in [0, 0.05) is 11.5 Å². The van der Waals surface area contributed by atoms with E-state index in [-0.39, 0.29) is 18.0 Å². The van der Waals surface area contributed by atoms with Crippen LogP contribution in [0.5, 0.6) is 0 Å². The molecule has 0 bridgehead atoms. The second kappa shape index (κ2) is 4.69. The lowest BCUT2D eigenvalue weighted by atomic mass is 9.89. The summed E-state index contributed by atoms with van der Waals surface area (Å²) in [5.41, 5.74) is 12.2. The topological polar surface area (TPSA) is 56.7 Å². The molecule has 0 amide bonds. The zero-order valence-electron chi connectivity index (χ0n) is 11.7. The van der Waals surface area contributed by atoms with Crippen molar-refractivity contribution in [2.75, 3.05) is 0 Å². The van der Waals surface area contributed by atoms with E-state index in [1.165, 1.54) is 16.7 Å². The predicted octanol–water partition coefficient (Wildman–Crippen LogP) is 2.69. The quantitative estimate of drug-likeness (QED) is 0.555. The summed E-state index contributed by atoms with van der Waals surface area (Å²) in [6, 6.07) is 16.9. The highest BCUT2D eigenvalue weighted by Gasteiger charge is 2.47. The standard InChI is InChI=1S/C17H17N3O/c1-10-6-8-11(9-7-10)15-14-16(19-18-15)12-4-2-3-5-13(12)17(14)20-21/h2-9,14-16,18-19,21H,1H3/b20-17+. The number of nitrogens with one attached hydrogen (secondary N) is 2. The van der Waals surface area contributed by atoms with Gasteiger partial charge < -0.3 is 5.21 Å². The van der Waals surface area contributed by atoms with E-state index in [1.54, 1.807) is 0 Å². The molecule has 3 atom stereocenters. The van der Waals surface area contributed by atoms with E-state index >= 15 is 0 Å². The Balaban J connectivity index is 1.78. The minimum absolute atomic E-state index is 0.105. The monoisotopic (exact) mass is 279 g/mol. The molecule has 2 aromatic rings. The first-order valence-electron chi connectivity index (χ1n) is 7.18. The van der Waals surface area contributed by atoms with E-state index < -0.39 is 0 Å². The number of rotatable bonds is 1.